The van der Waals surface area contributed by atoms with Crippen molar-refractivity contribution in [3.8, 4) is 0 Å². The van der Waals surface area contributed by atoms with E-state index in [0.29, 0.717) is 0 Å². The Morgan fingerprint density at radius 1 is 0.958 bits per heavy atom. The highest BCUT2D eigenvalue weighted by molar-refractivity contribution is 5.51. The van der Waals surface area contributed by atoms with Gasteiger partial charge in [-0.1, -0.05) is 48.0 Å². The molecule has 2 aromatic carbocycles. The molecule has 1 saturated heterocycles. The van der Waals surface area contributed by atoms with Gasteiger partial charge in [0.25, 0.3) is 0 Å². The summed E-state index contributed by atoms with van der Waals surface area (Å²) in [5, 5.41) is 0. The molecule has 126 valence electrons. The van der Waals surface area contributed by atoms with Crippen LogP contribution in [0.2, 0.25) is 0 Å². The Morgan fingerprint density at radius 2 is 1.67 bits per heavy atom. The van der Waals surface area contributed by atoms with Crippen LogP contribution in [0, 0.1) is 13.8 Å². The Morgan fingerprint density at radius 3 is 2.33 bits per heavy atom. The molecule has 2 nitrogen and oxygen atoms in total. The molecule has 1 aliphatic heterocycles. The van der Waals surface area contributed by atoms with Crippen LogP contribution in [-0.2, 0) is 0 Å². The monoisotopic (exact) mass is 321 g/mol. The van der Waals surface area contributed by atoms with Crippen molar-refractivity contribution in [1.82, 2.24) is 9.38 Å². The lowest BCUT2D eigenvalue weighted by atomic mass is 10.1. The summed E-state index contributed by atoms with van der Waals surface area (Å²) >= 11 is 0. The molecule has 0 radical (unpaired) electrons. The molecule has 1 heterocycles. The Balaban J connectivity index is 1.42. The fourth-order valence-electron chi connectivity index (χ4n) is 4.55. The molecule has 2 atom stereocenters. The van der Waals surface area contributed by atoms with Gasteiger partial charge in [0, 0.05) is 30.6 Å². The van der Waals surface area contributed by atoms with Gasteiger partial charge in [-0.05, 0) is 31.9 Å². The van der Waals surface area contributed by atoms with Gasteiger partial charge in [0.15, 0.2) is 0 Å². The molecule has 1 saturated carbocycles. The smallest absolute Gasteiger partial charge is 0.135 e. The maximum atomic E-state index is 2.74. The zero-order valence-electron chi connectivity index (χ0n) is 15.2. The number of nitrogens with zero attached hydrogens (tertiary/aromatic N) is 2. The van der Waals surface area contributed by atoms with Gasteiger partial charge in [-0.25, -0.2) is 0 Å². The van der Waals surface area contributed by atoms with Crippen molar-refractivity contribution < 1.29 is 0 Å². The summed E-state index contributed by atoms with van der Waals surface area (Å²) in [4.78, 5) is 2.74. The van der Waals surface area contributed by atoms with Crippen molar-refractivity contribution in [3.63, 3.8) is 0 Å². The predicted molar refractivity (Wildman–Crippen MR) is 103 cm³/mol. The van der Waals surface area contributed by atoms with Crippen LogP contribution >= 0.6 is 0 Å². The molecule has 0 bridgehead atoms. The van der Waals surface area contributed by atoms with Crippen molar-refractivity contribution in [2.45, 2.75) is 32.2 Å². The molecule has 0 spiro atoms. The van der Waals surface area contributed by atoms with E-state index < -0.39 is 0 Å². The Hall–Kier alpha value is -1.64. The molecule has 2 fully saturated rings. The standard InChI is InChI=1S/C22H29N2/c1-17-9-10-22(18(2)15-17)24(3)13-11-23(12-14-24)21-16-20(21)19-7-5-4-6-8-19/h4-10,15,20-21H,11-14,16H2,1-3H3/q+1/t20-,21-/m1/s1. The second-order valence-corrected chi connectivity index (χ2v) is 7.99. The maximum absolute atomic E-state index is 2.74. The summed E-state index contributed by atoms with van der Waals surface area (Å²) < 4.78 is 1.09. The van der Waals surface area contributed by atoms with Gasteiger partial charge >= 0.3 is 0 Å². The van der Waals surface area contributed by atoms with Crippen molar-refractivity contribution in [2.75, 3.05) is 33.2 Å². The fourth-order valence-corrected chi connectivity index (χ4v) is 4.55. The quantitative estimate of drug-likeness (QED) is 0.769. The van der Waals surface area contributed by atoms with E-state index in [2.05, 4.69) is 74.3 Å². The molecule has 4 rings (SSSR count). The third kappa shape index (κ3) is 2.89. The van der Waals surface area contributed by atoms with E-state index in [9.17, 15) is 0 Å². The summed E-state index contributed by atoms with van der Waals surface area (Å²) in [5.74, 6) is 0.768. The van der Waals surface area contributed by atoms with Crippen molar-refractivity contribution >= 4 is 5.69 Å². The molecule has 24 heavy (non-hydrogen) atoms. The fraction of sp³-hybridized carbons (Fsp3) is 0.455. The first-order valence-electron chi connectivity index (χ1n) is 9.28. The topological polar surface area (TPSA) is 3.24 Å². The third-order valence-electron chi connectivity index (χ3n) is 6.15. The van der Waals surface area contributed by atoms with Crippen LogP contribution in [0.15, 0.2) is 48.5 Å². The lowest BCUT2D eigenvalue weighted by molar-refractivity contribution is 0.146. The number of hydrogen-bond acceptors (Lipinski definition) is 1. The minimum absolute atomic E-state index is 0.768. The largest absolute Gasteiger partial charge is 0.291 e. The predicted octanol–water partition coefficient (Wildman–Crippen LogP) is 4.11. The van der Waals surface area contributed by atoms with E-state index >= 15 is 0 Å². The number of likely N-dealkylation sites (N-methyl/N-ethyl adjacent to an activating group) is 1. The van der Waals surface area contributed by atoms with Gasteiger partial charge < -0.3 is 0 Å². The Labute approximate surface area is 146 Å². The number of quaternary nitrogens is 1. The first-order chi connectivity index (χ1) is 11.6. The average Bonchev–Trinajstić information content (AvgIpc) is 3.37. The molecule has 0 unspecified atom stereocenters. The van der Waals surface area contributed by atoms with Crippen LogP contribution in [-0.4, -0.2) is 44.2 Å². The van der Waals surface area contributed by atoms with Crippen LogP contribution in [0.3, 0.4) is 0 Å². The molecule has 1 aliphatic carbocycles. The van der Waals surface area contributed by atoms with Gasteiger partial charge in [0.2, 0.25) is 0 Å². The minimum Gasteiger partial charge on any atom is -0.291 e. The molecule has 0 amide bonds. The molecular formula is C22H29N2+. The van der Waals surface area contributed by atoms with Crippen LogP contribution in [0.5, 0.6) is 0 Å². The number of rotatable bonds is 3. The van der Waals surface area contributed by atoms with Crippen LogP contribution in [0.1, 0.15) is 29.0 Å². The van der Waals surface area contributed by atoms with E-state index in [4.69, 9.17) is 0 Å². The normalized spacial score (nSPS) is 26.3. The second-order valence-electron chi connectivity index (χ2n) is 7.99. The van der Waals surface area contributed by atoms with Gasteiger partial charge in [0.05, 0.1) is 20.1 Å². The van der Waals surface area contributed by atoms with Gasteiger partial charge in [0.1, 0.15) is 5.69 Å². The summed E-state index contributed by atoms with van der Waals surface area (Å²) in [5.41, 5.74) is 5.85. The molecule has 2 aromatic rings. The van der Waals surface area contributed by atoms with Crippen molar-refractivity contribution in [3.05, 3.63) is 65.2 Å². The minimum atomic E-state index is 0.768. The summed E-state index contributed by atoms with van der Waals surface area (Å²) in [6.45, 7) is 9.34. The van der Waals surface area contributed by atoms with Gasteiger partial charge in [-0.2, -0.15) is 0 Å². The summed E-state index contributed by atoms with van der Waals surface area (Å²) in [6.07, 6.45) is 1.34. The molecule has 0 N–H and O–H groups in total. The third-order valence-corrected chi connectivity index (χ3v) is 6.15. The van der Waals surface area contributed by atoms with Crippen LogP contribution in [0.25, 0.3) is 0 Å². The van der Waals surface area contributed by atoms with E-state index in [1.807, 2.05) is 0 Å². The second kappa shape index (κ2) is 6.02. The number of aryl methyl sites for hydroxylation is 2. The zero-order chi connectivity index (χ0) is 16.7. The van der Waals surface area contributed by atoms with Crippen molar-refractivity contribution in [2.24, 2.45) is 0 Å². The van der Waals surface area contributed by atoms with Crippen molar-refractivity contribution in [1.29, 1.82) is 0 Å². The van der Waals surface area contributed by atoms with Gasteiger partial charge in [-0.15, -0.1) is 0 Å². The Kier molecular flexibility index (Phi) is 3.98. The number of hydrogen-bond donors (Lipinski definition) is 0. The SMILES string of the molecule is Cc1ccc([N+]2(C)CCN([C@@H]3C[C@@H]3c3ccccc3)CC2)c(C)c1. The maximum Gasteiger partial charge on any atom is 0.135 e. The first kappa shape index (κ1) is 15.9. The first-order valence-corrected chi connectivity index (χ1v) is 9.28. The highest BCUT2D eigenvalue weighted by atomic mass is 15.4. The number of benzene rings is 2. The highest BCUT2D eigenvalue weighted by Gasteiger charge is 2.45. The van der Waals surface area contributed by atoms with E-state index in [-0.39, 0.29) is 0 Å². The molecule has 0 aromatic heterocycles. The van der Waals surface area contributed by atoms with Crippen LogP contribution < -0.4 is 4.48 Å². The highest BCUT2D eigenvalue weighted by Crippen LogP contribution is 2.45. The van der Waals surface area contributed by atoms with E-state index in [0.717, 1.165) is 16.4 Å². The summed E-state index contributed by atoms with van der Waals surface area (Å²) in [6, 6.07) is 18.8. The van der Waals surface area contributed by atoms with E-state index in [1.54, 1.807) is 0 Å². The summed E-state index contributed by atoms with van der Waals surface area (Å²) in [7, 11) is 2.41. The number of piperazine rings is 1. The van der Waals surface area contributed by atoms with Crippen LogP contribution in [0.4, 0.5) is 5.69 Å². The molecule has 2 aliphatic rings. The lowest BCUT2D eigenvalue weighted by Gasteiger charge is -2.42. The lowest BCUT2D eigenvalue weighted by Crippen LogP contribution is -2.59. The Bertz CT molecular complexity index is 714. The van der Waals surface area contributed by atoms with E-state index in [1.165, 1.54) is 55.0 Å². The zero-order valence-corrected chi connectivity index (χ0v) is 15.2. The molecule has 2 heteroatoms. The molecular weight excluding hydrogens is 292 g/mol. The van der Waals surface area contributed by atoms with Gasteiger partial charge in [-0.3, -0.25) is 9.38 Å². The average molecular weight is 321 g/mol.